The Hall–Kier alpha value is -2.97. The number of rotatable bonds is 3. The minimum Gasteiger partial charge on any atom is -0.324 e. The summed E-state index contributed by atoms with van der Waals surface area (Å²) in [6, 6.07) is 12.3. The highest BCUT2D eigenvalue weighted by atomic mass is 79.9. The van der Waals surface area contributed by atoms with E-state index in [1.165, 1.54) is 4.90 Å². The molecule has 1 N–H and O–H groups in total. The van der Waals surface area contributed by atoms with Crippen LogP contribution in [0.4, 0.5) is 11.4 Å². The van der Waals surface area contributed by atoms with Crippen LogP contribution < -0.4 is 10.2 Å². The molecule has 7 nitrogen and oxygen atoms in total. The molecular formula is C22H16BrClN4O3. The highest BCUT2D eigenvalue weighted by Gasteiger charge is 2.64. The number of hydrazone groups is 1. The number of nitrogens with one attached hydrogen (secondary N) is 1. The van der Waals surface area contributed by atoms with E-state index < -0.39 is 35.7 Å². The first-order chi connectivity index (χ1) is 15.0. The number of carbonyl (C=O) groups is 3. The van der Waals surface area contributed by atoms with Crippen LogP contribution in [0.2, 0.25) is 5.02 Å². The fourth-order valence-electron chi connectivity index (χ4n) is 4.43. The molecule has 2 aromatic carbocycles. The maximum atomic E-state index is 13.4. The second-order valence-electron chi connectivity index (χ2n) is 7.50. The number of hydrogen-bond donors (Lipinski definition) is 1. The lowest BCUT2D eigenvalue weighted by Crippen LogP contribution is -2.47. The van der Waals surface area contributed by atoms with Gasteiger partial charge < -0.3 is 5.32 Å². The minimum absolute atomic E-state index is 0.323. The van der Waals surface area contributed by atoms with E-state index in [-0.39, 0.29) is 5.91 Å². The van der Waals surface area contributed by atoms with E-state index in [0.717, 1.165) is 4.47 Å². The second kappa shape index (κ2) is 7.62. The number of fused-ring (bicyclic) bond motifs is 3. The maximum Gasteiger partial charge on any atom is 0.249 e. The van der Waals surface area contributed by atoms with Crippen LogP contribution >= 0.6 is 27.5 Å². The van der Waals surface area contributed by atoms with Gasteiger partial charge in [-0.1, -0.05) is 33.6 Å². The lowest BCUT2D eigenvalue weighted by atomic mass is 9.88. The number of nitrogens with zero attached hydrogens (tertiary/aromatic N) is 3. The van der Waals surface area contributed by atoms with Crippen LogP contribution in [0, 0.1) is 11.8 Å². The van der Waals surface area contributed by atoms with Gasteiger partial charge in [0.25, 0.3) is 0 Å². The van der Waals surface area contributed by atoms with Crippen molar-refractivity contribution in [3.05, 3.63) is 70.2 Å². The van der Waals surface area contributed by atoms with Crippen molar-refractivity contribution >= 4 is 62.8 Å². The molecule has 4 atom stereocenters. The zero-order valence-corrected chi connectivity index (χ0v) is 18.3. The molecular weight excluding hydrogens is 484 g/mol. The van der Waals surface area contributed by atoms with Crippen molar-refractivity contribution in [2.24, 2.45) is 16.9 Å². The maximum absolute atomic E-state index is 13.4. The van der Waals surface area contributed by atoms with Crippen molar-refractivity contribution in [3.8, 4) is 0 Å². The van der Waals surface area contributed by atoms with Crippen LogP contribution in [0.3, 0.4) is 0 Å². The molecule has 3 aliphatic rings. The van der Waals surface area contributed by atoms with Crippen molar-refractivity contribution in [1.82, 2.24) is 5.01 Å². The third-order valence-corrected chi connectivity index (χ3v) is 6.54. The Bertz CT molecular complexity index is 1120. The predicted octanol–water partition coefficient (Wildman–Crippen LogP) is 3.46. The van der Waals surface area contributed by atoms with Crippen LogP contribution in [0.1, 0.15) is 0 Å². The third kappa shape index (κ3) is 3.26. The Morgan fingerprint density at radius 3 is 2.39 bits per heavy atom. The van der Waals surface area contributed by atoms with Crippen molar-refractivity contribution < 1.29 is 14.4 Å². The van der Waals surface area contributed by atoms with Gasteiger partial charge in [-0.15, -0.1) is 0 Å². The molecule has 0 bridgehead atoms. The number of hydrogen-bond acceptors (Lipinski definition) is 5. The van der Waals surface area contributed by atoms with E-state index >= 15 is 0 Å². The van der Waals surface area contributed by atoms with Crippen LogP contribution in [0.25, 0.3) is 0 Å². The van der Waals surface area contributed by atoms with Crippen LogP contribution in [0.15, 0.2) is 70.3 Å². The highest BCUT2D eigenvalue weighted by Crippen LogP contribution is 2.45. The molecule has 3 amide bonds. The van der Waals surface area contributed by atoms with E-state index in [1.54, 1.807) is 65.8 Å². The van der Waals surface area contributed by atoms with E-state index in [9.17, 15) is 14.4 Å². The van der Waals surface area contributed by atoms with Gasteiger partial charge in [0, 0.05) is 21.4 Å². The van der Waals surface area contributed by atoms with Gasteiger partial charge in [0.1, 0.15) is 6.04 Å². The summed E-state index contributed by atoms with van der Waals surface area (Å²) in [5.74, 6) is -2.65. The lowest BCUT2D eigenvalue weighted by molar-refractivity contribution is -0.129. The molecule has 0 radical (unpaired) electrons. The summed E-state index contributed by atoms with van der Waals surface area (Å²) in [6.45, 7) is 0. The number of benzene rings is 2. The molecule has 3 aliphatic heterocycles. The number of carbonyl (C=O) groups excluding carboxylic acids is 3. The molecule has 3 heterocycles. The van der Waals surface area contributed by atoms with Gasteiger partial charge in [0.2, 0.25) is 17.7 Å². The molecule has 5 rings (SSSR count). The van der Waals surface area contributed by atoms with E-state index in [1.807, 2.05) is 6.08 Å². The normalized spacial score (nSPS) is 26.3. The topological polar surface area (TPSA) is 82.1 Å². The van der Waals surface area contributed by atoms with Crippen molar-refractivity contribution in [3.63, 3.8) is 0 Å². The van der Waals surface area contributed by atoms with Crippen LogP contribution in [-0.4, -0.2) is 41.0 Å². The smallest absolute Gasteiger partial charge is 0.249 e. The van der Waals surface area contributed by atoms with E-state index in [0.29, 0.717) is 16.4 Å². The average molecular weight is 500 g/mol. The second-order valence-corrected chi connectivity index (χ2v) is 8.85. The average Bonchev–Trinajstić information content (AvgIpc) is 3.24. The Kier molecular flexibility index (Phi) is 4.91. The number of anilines is 2. The lowest BCUT2D eigenvalue weighted by Gasteiger charge is -2.30. The summed E-state index contributed by atoms with van der Waals surface area (Å²) >= 11 is 9.28. The molecule has 2 aromatic rings. The minimum atomic E-state index is -0.913. The first-order valence-electron chi connectivity index (χ1n) is 9.64. The summed E-state index contributed by atoms with van der Waals surface area (Å²) in [7, 11) is 0. The van der Waals surface area contributed by atoms with E-state index in [2.05, 4.69) is 26.3 Å². The quantitative estimate of drug-likeness (QED) is 0.656. The Morgan fingerprint density at radius 1 is 1.00 bits per heavy atom. The third-order valence-electron chi connectivity index (χ3n) is 5.76. The largest absolute Gasteiger partial charge is 0.324 e. The zero-order chi connectivity index (χ0) is 21.7. The first-order valence-corrected chi connectivity index (χ1v) is 10.8. The highest BCUT2D eigenvalue weighted by molar-refractivity contribution is 9.10. The van der Waals surface area contributed by atoms with Crippen LogP contribution in [-0.2, 0) is 14.4 Å². The predicted molar refractivity (Wildman–Crippen MR) is 121 cm³/mol. The monoisotopic (exact) mass is 498 g/mol. The molecule has 0 spiro atoms. The van der Waals surface area contributed by atoms with Gasteiger partial charge in [0.05, 0.1) is 23.6 Å². The summed E-state index contributed by atoms with van der Waals surface area (Å²) < 4.78 is 0.839. The van der Waals surface area contributed by atoms with Gasteiger partial charge >= 0.3 is 0 Å². The summed E-state index contributed by atoms with van der Waals surface area (Å²) in [5, 5.41) is 9.26. The van der Waals surface area contributed by atoms with Crippen molar-refractivity contribution in [1.29, 1.82) is 0 Å². The Labute approximate surface area is 191 Å². The molecule has 0 aromatic heterocycles. The number of amides is 3. The number of allylic oxidation sites excluding steroid dienone is 1. The molecule has 0 aliphatic carbocycles. The molecule has 156 valence electrons. The Morgan fingerprint density at radius 2 is 1.68 bits per heavy atom. The first kappa shape index (κ1) is 20.0. The number of imide groups is 1. The van der Waals surface area contributed by atoms with Gasteiger partial charge in [-0.25, -0.2) is 4.90 Å². The molecule has 31 heavy (non-hydrogen) atoms. The van der Waals surface area contributed by atoms with E-state index in [4.69, 9.17) is 11.6 Å². The standard InChI is InChI=1S/C22H16BrClN4O3/c23-12-3-9-15(10-4-12)27-21(30)17-16-2-1-11-25-28(16)19(18(17)22(27)31)20(29)26-14-7-5-13(24)6-8-14/h1-11,16-19H,(H,26,29)/t16-,17-,18-,19+/m0/s1. The molecule has 2 fully saturated rings. The molecule has 0 saturated carbocycles. The van der Waals surface area contributed by atoms with Gasteiger partial charge in [-0.05, 0) is 54.6 Å². The summed E-state index contributed by atoms with van der Waals surface area (Å²) in [4.78, 5) is 41.2. The molecule has 9 heteroatoms. The van der Waals surface area contributed by atoms with Crippen molar-refractivity contribution in [2.75, 3.05) is 10.2 Å². The number of halogens is 2. The summed E-state index contributed by atoms with van der Waals surface area (Å²) in [6.07, 6.45) is 5.11. The fourth-order valence-corrected chi connectivity index (χ4v) is 4.82. The van der Waals surface area contributed by atoms with Crippen molar-refractivity contribution in [2.45, 2.75) is 12.1 Å². The zero-order valence-electron chi connectivity index (χ0n) is 16.0. The van der Waals surface area contributed by atoms with Gasteiger partial charge in [-0.2, -0.15) is 5.10 Å². The van der Waals surface area contributed by atoms with Gasteiger partial charge in [-0.3, -0.25) is 19.4 Å². The van der Waals surface area contributed by atoms with Crippen LogP contribution in [0.5, 0.6) is 0 Å². The Balaban J connectivity index is 1.50. The van der Waals surface area contributed by atoms with Gasteiger partial charge in [0.15, 0.2) is 0 Å². The fraction of sp³-hybridized carbons (Fsp3) is 0.182. The SMILES string of the molecule is O=C(Nc1ccc(Cl)cc1)[C@H]1[C@H]2C(=O)N(c3ccc(Br)cc3)C(=O)[C@H]2[C@@H]2C=CC=NN21. The molecule has 0 unspecified atom stereocenters. The molecule has 2 saturated heterocycles. The summed E-state index contributed by atoms with van der Waals surface area (Å²) in [5.41, 5.74) is 1.03.